The van der Waals surface area contributed by atoms with E-state index in [0.29, 0.717) is 24.5 Å². The standard InChI is InChI=1S/C18H23N5O2S/c1-4-15(24)23-11-5-6-14(23)16(25)19-18-21-20-17(26-18)12-7-9-13(10-8-12)22(2)3/h7-10,14H,4-6,11H2,1-3H3,(H,19,21,25)/t14-/m0/s1. The molecule has 1 saturated heterocycles. The van der Waals surface area contributed by atoms with Crippen molar-refractivity contribution in [3.63, 3.8) is 0 Å². The fraction of sp³-hybridized carbons (Fsp3) is 0.444. The Bertz CT molecular complexity index is 787. The topological polar surface area (TPSA) is 78.4 Å². The molecule has 1 aliphatic rings. The number of hydrogen-bond acceptors (Lipinski definition) is 6. The third-order valence-corrected chi connectivity index (χ3v) is 5.35. The summed E-state index contributed by atoms with van der Waals surface area (Å²) in [6.45, 7) is 2.46. The minimum Gasteiger partial charge on any atom is -0.378 e. The Hall–Kier alpha value is -2.48. The lowest BCUT2D eigenvalue weighted by Crippen LogP contribution is -2.42. The molecule has 0 radical (unpaired) electrons. The predicted molar refractivity (Wildman–Crippen MR) is 103 cm³/mol. The molecule has 1 aliphatic heterocycles. The first-order chi connectivity index (χ1) is 12.5. The Labute approximate surface area is 157 Å². The Morgan fingerprint density at radius 3 is 2.65 bits per heavy atom. The van der Waals surface area contributed by atoms with Crippen LogP contribution in [0.5, 0.6) is 0 Å². The highest BCUT2D eigenvalue weighted by molar-refractivity contribution is 7.18. The molecular weight excluding hydrogens is 350 g/mol. The van der Waals surface area contributed by atoms with Crippen molar-refractivity contribution in [2.45, 2.75) is 32.2 Å². The molecule has 26 heavy (non-hydrogen) atoms. The van der Waals surface area contributed by atoms with Crippen LogP contribution in [0.25, 0.3) is 10.6 Å². The van der Waals surface area contributed by atoms with E-state index in [1.54, 1.807) is 4.90 Å². The van der Waals surface area contributed by atoms with Crippen LogP contribution in [0, 0.1) is 0 Å². The largest absolute Gasteiger partial charge is 0.378 e. The van der Waals surface area contributed by atoms with E-state index in [9.17, 15) is 9.59 Å². The lowest BCUT2D eigenvalue weighted by molar-refractivity contribution is -0.136. The molecule has 2 heterocycles. The summed E-state index contributed by atoms with van der Waals surface area (Å²) in [7, 11) is 3.98. The minimum atomic E-state index is -0.408. The van der Waals surface area contributed by atoms with Crippen LogP contribution in [0.2, 0.25) is 0 Å². The normalized spacial score (nSPS) is 16.6. The van der Waals surface area contributed by atoms with Gasteiger partial charge in [-0.1, -0.05) is 18.3 Å². The number of carbonyl (C=O) groups excluding carboxylic acids is 2. The van der Waals surface area contributed by atoms with Crippen molar-refractivity contribution in [1.82, 2.24) is 15.1 Å². The second kappa shape index (κ2) is 7.82. The SMILES string of the molecule is CCC(=O)N1CCC[C@H]1C(=O)Nc1nnc(-c2ccc(N(C)C)cc2)s1. The van der Waals surface area contributed by atoms with Crippen LogP contribution in [0.4, 0.5) is 10.8 Å². The second-order valence-corrected chi connectivity index (χ2v) is 7.42. The van der Waals surface area contributed by atoms with Gasteiger partial charge < -0.3 is 9.80 Å². The van der Waals surface area contributed by atoms with Gasteiger partial charge in [0.2, 0.25) is 16.9 Å². The average molecular weight is 373 g/mol. The maximum atomic E-state index is 12.5. The number of nitrogens with one attached hydrogen (secondary N) is 1. The molecule has 0 bridgehead atoms. The van der Waals surface area contributed by atoms with Gasteiger partial charge in [-0.15, -0.1) is 10.2 Å². The van der Waals surface area contributed by atoms with Crippen LogP contribution < -0.4 is 10.2 Å². The highest BCUT2D eigenvalue weighted by Crippen LogP contribution is 2.28. The van der Waals surface area contributed by atoms with Crippen molar-refractivity contribution >= 4 is 34.0 Å². The fourth-order valence-corrected chi connectivity index (χ4v) is 3.77. The summed E-state index contributed by atoms with van der Waals surface area (Å²) >= 11 is 1.33. The molecule has 0 unspecified atom stereocenters. The number of amides is 2. The summed E-state index contributed by atoms with van der Waals surface area (Å²) in [5, 5.41) is 12.3. The van der Waals surface area contributed by atoms with Crippen molar-refractivity contribution < 1.29 is 9.59 Å². The van der Waals surface area contributed by atoms with Crippen LogP contribution in [0.1, 0.15) is 26.2 Å². The molecule has 1 fully saturated rings. The Balaban J connectivity index is 1.68. The van der Waals surface area contributed by atoms with Gasteiger partial charge in [-0.25, -0.2) is 0 Å². The zero-order chi connectivity index (χ0) is 18.7. The molecule has 1 aromatic carbocycles. The van der Waals surface area contributed by atoms with Crippen LogP contribution >= 0.6 is 11.3 Å². The molecule has 3 rings (SSSR count). The van der Waals surface area contributed by atoms with E-state index in [1.165, 1.54) is 11.3 Å². The van der Waals surface area contributed by atoms with E-state index in [1.807, 2.05) is 50.2 Å². The van der Waals surface area contributed by atoms with E-state index in [4.69, 9.17) is 0 Å². The van der Waals surface area contributed by atoms with E-state index in [0.717, 1.165) is 22.7 Å². The zero-order valence-corrected chi connectivity index (χ0v) is 16.0. The van der Waals surface area contributed by atoms with E-state index < -0.39 is 6.04 Å². The van der Waals surface area contributed by atoms with Crippen LogP contribution in [0.15, 0.2) is 24.3 Å². The second-order valence-electron chi connectivity index (χ2n) is 6.44. The van der Waals surface area contributed by atoms with E-state index in [-0.39, 0.29) is 11.8 Å². The van der Waals surface area contributed by atoms with Gasteiger partial charge in [0, 0.05) is 38.3 Å². The molecule has 138 valence electrons. The summed E-state index contributed by atoms with van der Waals surface area (Å²) in [5.41, 5.74) is 2.06. The van der Waals surface area contributed by atoms with Crippen molar-refractivity contribution in [3.05, 3.63) is 24.3 Å². The van der Waals surface area contributed by atoms with Crippen LogP contribution in [-0.2, 0) is 9.59 Å². The number of aromatic nitrogens is 2. The highest BCUT2D eigenvalue weighted by Gasteiger charge is 2.33. The molecule has 2 amide bonds. The Morgan fingerprint density at radius 2 is 2.00 bits per heavy atom. The first-order valence-corrected chi connectivity index (χ1v) is 9.53. The fourth-order valence-electron chi connectivity index (χ4n) is 3.02. The summed E-state index contributed by atoms with van der Waals surface area (Å²) in [6.07, 6.45) is 1.95. The molecule has 0 aliphatic carbocycles. The summed E-state index contributed by atoms with van der Waals surface area (Å²) < 4.78 is 0. The van der Waals surface area contributed by atoms with Crippen LogP contribution in [-0.4, -0.2) is 53.6 Å². The summed E-state index contributed by atoms with van der Waals surface area (Å²) in [4.78, 5) is 28.2. The van der Waals surface area contributed by atoms with Crippen molar-refractivity contribution in [2.24, 2.45) is 0 Å². The molecule has 8 heteroatoms. The predicted octanol–water partition coefficient (Wildman–Crippen LogP) is 2.61. The number of hydrogen-bond donors (Lipinski definition) is 1. The first kappa shape index (κ1) is 18.3. The van der Waals surface area contributed by atoms with Gasteiger partial charge in [0.1, 0.15) is 11.0 Å². The van der Waals surface area contributed by atoms with Crippen molar-refractivity contribution in [3.8, 4) is 10.6 Å². The third-order valence-electron chi connectivity index (χ3n) is 4.46. The van der Waals surface area contributed by atoms with Gasteiger partial charge in [-0.05, 0) is 37.1 Å². The van der Waals surface area contributed by atoms with Crippen molar-refractivity contribution in [2.75, 3.05) is 30.9 Å². The number of carbonyl (C=O) groups is 2. The van der Waals surface area contributed by atoms with Crippen molar-refractivity contribution in [1.29, 1.82) is 0 Å². The van der Waals surface area contributed by atoms with E-state index in [2.05, 4.69) is 15.5 Å². The number of nitrogens with zero attached hydrogens (tertiary/aromatic N) is 4. The minimum absolute atomic E-state index is 0.0154. The molecule has 7 nitrogen and oxygen atoms in total. The summed E-state index contributed by atoms with van der Waals surface area (Å²) in [5.74, 6) is -0.170. The van der Waals surface area contributed by atoms with Gasteiger partial charge in [-0.3, -0.25) is 14.9 Å². The van der Waals surface area contributed by atoms with E-state index >= 15 is 0 Å². The molecular formula is C18H23N5O2S. The Kier molecular flexibility index (Phi) is 5.51. The lowest BCUT2D eigenvalue weighted by atomic mass is 10.2. The first-order valence-electron chi connectivity index (χ1n) is 8.71. The molecule has 1 aromatic heterocycles. The molecule has 1 N–H and O–H groups in total. The number of anilines is 2. The molecule has 2 aromatic rings. The summed E-state index contributed by atoms with van der Waals surface area (Å²) in [6, 6.07) is 7.60. The van der Waals surface area contributed by atoms with Gasteiger partial charge in [0.05, 0.1) is 0 Å². The highest BCUT2D eigenvalue weighted by atomic mass is 32.1. The quantitative estimate of drug-likeness (QED) is 0.872. The Morgan fingerprint density at radius 1 is 1.27 bits per heavy atom. The maximum absolute atomic E-state index is 12.5. The number of benzene rings is 1. The average Bonchev–Trinajstić information content (AvgIpc) is 3.30. The third kappa shape index (κ3) is 3.85. The van der Waals surface area contributed by atoms with Gasteiger partial charge >= 0.3 is 0 Å². The number of rotatable bonds is 5. The number of likely N-dealkylation sites (tertiary alicyclic amines) is 1. The molecule has 1 atom stereocenters. The van der Waals surface area contributed by atoms with Crippen LogP contribution in [0.3, 0.4) is 0 Å². The molecule has 0 spiro atoms. The monoisotopic (exact) mass is 373 g/mol. The zero-order valence-electron chi connectivity index (χ0n) is 15.2. The molecule has 0 saturated carbocycles. The van der Waals surface area contributed by atoms with Gasteiger partial charge in [0.25, 0.3) is 0 Å². The lowest BCUT2D eigenvalue weighted by Gasteiger charge is -2.22. The smallest absolute Gasteiger partial charge is 0.249 e. The maximum Gasteiger partial charge on any atom is 0.249 e. The van der Waals surface area contributed by atoms with Gasteiger partial charge in [0.15, 0.2) is 0 Å². The van der Waals surface area contributed by atoms with Gasteiger partial charge in [-0.2, -0.15) is 0 Å².